The van der Waals surface area contributed by atoms with Crippen molar-refractivity contribution >= 4 is 23.2 Å². The second kappa shape index (κ2) is 5.28. The molecule has 0 aromatic carbocycles. The molecule has 72 valence electrons. The van der Waals surface area contributed by atoms with Crippen LogP contribution in [0.25, 0.3) is 0 Å². The number of alkyl halides is 2. The summed E-state index contributed by atoms with van der Waals surface area (Å²) in [6, 6.07) is 0. The molecule has 1 saturated heterocycles. The number of ether oxygens (including phenoxy) is 1. The summed E-state index contributed by atoms with van der Waals surface area (Å²) >= 11 is 11.4. The summed E-state index contributed by atoms with van der Waals surface area (Å²) < 4.78 is 5.72. The van der Waals surface area contributed by atoms with Crippen molar-refractivity contribution in [1.82, 2.24) is 5.32 Å². The second-order valence-electron chi connectivity index (χ2n) is 3.09. The lowest BCUT2D eigenvalue weighted by Crippen LogP contribution is -2.50. The van der Waals surface area contributed by atoms with Crippen LogP contribution >= 0.6 is 23.2 Å². The van der Waals surface area contributed by atoms with Crippen molar-refractivity contribution in [1.29, 1.82) is 0 Å². The molecule has 0 aromatic rings. The van der Waals surface area contributed by atoms with E-state index >= 15 is 0 Å². The Kier molecular flexibility index (Phi) is 4.65. The lowest BCUT2D eigenvalue weighted by molar-refractivity contribution is -0.0692. The summed E-state index contributed by atoms with van der Waals surface area (Å²) in [5.41, 5.74) is -0.0955. The van der Waals surface area contributed by atoms with Crippen LogP contribution in [0, 0.1) is 0 Å². The van der Waals surface area contributed by atoms with Crippen LogP contribution in [0.3, 0.4) is 0 Å². The number of morpholine rings is 1. The van der Waals surface area contributed by atoms with Crippen molar-refractivity contribution < 1.29 is 4.74 Å². The third-order valence-electron chi connectivity index (χ3n) is 2.23. The molecule has 1 fully saturated rings. The number of hydrogen-bond acceptors (Lipinski definition) is 2. The van der Waals surface area contributed by atoms with Crippen molar-refractivity contribution in [3.05, 3.63) is 0 Å². The van der Waals surface area contributed by atoms with Gasteiger partial charge < -0.3 is 10.1 Å². The lowest BCUT2D eigenvalue weighted by Gasteiger charge is -2.37. The molecule has 0 spiro atoms. The molecule has 1 rings (SSSR count). The van der Waals surface area contributed by atoms with Crippen molar-refractivity contribution in [3.8, 4) is 0 Å². The zero-order valence-electron chi connectivity index (χ0n) is 7.11. The average molecular weight is 212 g/mol. The molecule has 4 heteroatoms. The molecule has 12 heavy (non-hydrogen) atoms. The Morgan fingerprint density at radius 2 is 1.92 bits per heavy atom. The van der Waals surface area contributed by atoms with E-state index < -0.39 is 0 Å². The fourth-order valence-electron chi connectivity index (χ4n) is 1.50. The van der Waals surface area contributed by atoms with Crippen LogP contribution in [-0.4, -0.2) is 37.1 Å². The van der Waals surface area contributed by atoms with E-state index in [0.717, 1.165) is 32.5 Å². The number of rotatable bonds is 4. The summed E-state index contributed by atoms with van der Waals surface area (Å²) in [6.07, 6.45) is 1.77. The topological polar surface area (TPSA) is 21.3 Å². The van der Waals surface area contributed by atoms with Crippen LogP contribution in [-0.2, 0) is 4.74 Å². The highest BCUT2D eigenvalue weighted by Crippen LogP contribution is 2.23. The standard InChI is InChI=1S/C8H15Cl2NO/c9-3-1-8(2-4-10)7-11-5-6-12-8/h11H,1-7H2. The van der Waals surface area contributed by atoms with Crippen LogP contribution in [0.5, 0.6) is 0 Å². The molecule has 1 N–H and O–H groups in total. The molecule has 0 radical (unpaired) electrons. The molecule has 0 atom stereocenters. The second-order valence-corrected chi connectivity index (χ2v) is 3.84. The monoisotopic (exact) mass is 211 g/mol. The van der Waals surface area contributed by atoms with E-state index in [0.29, 0.717) is 11.8 Å². The highest BCUT2D eigenvalue weighted by Gasteiger charge is 2.31. The first kappa shape index (κ1) is 10.6. The predicted molar refractivity (Wildman–Crippen MR) is 52.2 cm³/mol. The van der Waals surface area contributed by atoms with E-state index in [9.17, 15) is 0 Å². The van der Waals surface area contributed by atoms with Gasteiger partial charge in [0.1, 0.15) is 0 Å². The predicted octanol–water partition coefficient (Wildman–Crippen LogP) is 1.60. The fourth-order valence-corrected chi connectivity index (χ4v) is 2.19. The van der Waals surface area contributed by atoms with E-state index in [1.807, 2.05) is 0 Å². The van der Waals surface area contributed by atoms with Gasteiger partial charge in [-0.2, -0.15) is 0 Å². The maximum absolute atomic E-state index is 5.72. The van der Waals surface area contributed by atoms with Gasteiger partial charge in [-0.15, -0.1) is 23.2 Å². The molecule has 1 heterocycles. The highest BCUT2D eigenvalue weighted by molar-refractivity contribution is 6.18. The molecule has 0 amide bonds. The molecular weight excluding hydrogens is 197 g/mol. The van der Waals surface area contributed by atoms with Crippen LogP contribution in [0.1, 0.15) is 12.8 Å². The van der Waals surface area contributed by atoms with Crippen LogP contribution < -0.4 is 5.32 Å². The smallest absolute Gasteiger partial charge is 0.0829 e. The number of hydrogen-bond donors (Lipinski definition) is 1. The molecular formula is C8H15Cl2NO. The van der Waals surface area contributed by atoms with E-state index in [-0.39, 0.29) is 5.60 Å². The first-order valence-electron chi connectivity index (χ1n) is 4.30. The molecule has 1 aliphatic rings. The Morgan fingerprint density at radius 3 is 2.33 bits per heavy atom. The summed E-state index contributed by atoms with van der Waals surface area (Å²) in [5.74, 6) is 1.27. The summed E-state index contributed by atoms with van der Waals surface area (Å²) in [7, 11) is 0. The average Bonchev–Trinajstić information content (AvgIpc) is 2.07. The summed E-state index contributed by atoms with van der Waals surface area (Å²) in [4.78, 5) is 0. The molecule has 0 aliphatic carbocycles. The number of halogens is 2. The van der Waals surface area contributed by atoms with Gasteiger partial charge in [0.15, 0.2) is 0 Å². The Labute approximate surface area is 83.6 Å². The Morgan fingerprint density at radius 1 is 1.25 bits per heavy atom. The van der Waals surface area contributed by atoms with Gasteiger partial charge in [-0.3, -0.25) is 0 Å². The maximum Gasteiger partial charge on any atom is 0.0829 e. The minimum atomic E-state index is -0.0955. The zero-order chi connectivity index (χ0) is 8.86. The first-order chi connectivity index (χ1) is 5.83. The van der Waals surface area contributed by atoms with Gasteiger partial charge in [0.25, 0.3) is 0 Å². The third-order valence-corrected chi connectivity index (χ3v) is 2.61. The zero-order valence-corrected chi connectivity index (χ0v) is 8.63. The minimum Gasteiger partial charge on any atom is -0.372 e. The van der Waals surface area contributed by atoms with Crippen molar-refractivity contribution in [3.63, 3.8) is 0 Å². The number of nitrogens with one attached hydrogen (secondary N) is 1. The van der Waals surface area contributed by atoms with Gasteiger partial charge >= 0.3 is 0 Å². The van der Waals surface area contributed by atoms with Crippen molar-refractivity contribution in [2.75, 3.05) is 31.5 Å². The maximum atomic E-state index is 5.72. The van der Waals surface area contributed by atoms with E-state index in [1.165, 1.54) is 0 Å². The normalized spacial score (nSPS) is 22.5. The Hall–Kier alpha value is 0.500. The van der Waals surface area contributed by atoms with E-state index in [1.54, 1.807) is 0 Å². The van der Waals surface area contributed by atoms with Gasteiger partial charge in [-0.05, 0) is 12.8 Å². The molecule has 0 bridgehead atoms. The first-order valence-corrected chi connectivity index (χ1v) is 5.36. The van der Waals surface area contributed by atoms with Crippen LogP contribution in [0.4, 0.5) is 0 Å². The largest absolute Gasteiger partial charge is 0.372 e. The van der Waals surface area contributed by atoms with E-state index in [2.05, 4.69) is 5.32 Å². The van der Waals surface area contributed by atoms with Gasteiger partial charge in [-0.1, -0.05) is 0 Å². The highest BCUT2D eigenvalue weighted by atomic mass is 35.5. The van der Waals surface area contributed by atoms with Gasteiger partial charge in [-0.25, -0.2) is 0 Å². The van der Waals surface area contributed by atoms with Crippen molar-refractivity contribution in [2.45, 2.75) is 18.4 Å². The lowest BCUT2D eigenvalue weighted by atomic mass is 9.96. The Balaban J connectivity index is 2.44. The minimum absolute atomic E-state index is 0.0955. The summed E-state index contributed by atoms with van der Waals surface area (Å²) in [6.45, 7) is 2.59. The van der Waals surface area contributed by atoms with Gasteiger partial charge in [0.05, 0.1) is 12.2 Å². The molecule has 1 aliphatic heterocycles. The fraction of sp³-hybridized carbons (Fsp3) is 1.00. The van der Waals surface area contributed by atoms with Gasteiger partial charge in [0, 0.05) is 24.8 Å². The Bertz CT molecular complexity index is 111. The van der Waals surface area contributed by atoms with E-state index in [4.69, 9.17) is 27.9 Å². The van der Waals surface area contributed by atoms with Gasteiger partial charge in [0.2, 0.25) is 0 Å². The molecule has 0 saturated carbocycles. The summed E-state index contributed by atoms with van der Waals surface area (Å²) in [5, 5.41) is 3.30. The SMILES string of the molecule is ClCCC1(CCCl)CNCCO1. The molecule has 0 aromatic heterocycles. The van der Waals surface area contributed by atoms with Crippen molar-refractivity contribution in [2.24, 2.45) is 0 Å². The van der Waals surface area contributed by atoms with Crippen LogP contribution in [0.15, 0.2) is 0 Å². The molecule has 0 unspecified atom stereocenters. The third kappa shape index (κ3) is 2.77. The molecule has 2 nitrogen and oxygen atoms in total. The van der Waals surface area contributed by atoms with Crippen LogP contribution in [0.2, 0.25) is 0 Å². The quantitative estimate of drug-likeness (QED) is 0.714.